The number of hydrogen-bond acceptors (Lipinski definition) is 5. The van der Waals surface area contributed by atoms with E-state index in [1.165, 1.54) is 11.3 Å². The van der Waals surface area contributed by atoms with Crippen molar-refractivity contribution in [3.8, 4) is 5.75 Å². The molecular formula is C10H9N3OS. The van der Waals surface area contributed by atoms with Gasteiger partial charge in [0.05, 0.1) is 6.21 Å². The molecule has 4 nitrogen and oxygen atoms in total. The zero-order chi connectivity index (χ0) is 10.5. The average molecular weight is 219 g/mol. The van der Waals surface area contributed by atoms with Crippen molar-refractivity contribution in [1.82, 2.24) is 4.98 Å². The first-order valence-corrected chi connectivity index (χ1v) is 5.20. The molecule has 1 heterocycles. The largest absolute Gasteiger partial charge is 0.508 e. The lowest BCUT2D eigenvalue weighted by atomic mass is 10.2. The lowest BCUT2D eigenvalue weighted by Gasteiger charge is -1.94. The molecule has 0 spiro atoms. The second kappa shape index (κ2) is 4.56. The number of hydrogen-bond donors (Lipinski definition) is 2. The van der Waals surface area contributed by atoms with Crippen LogP contribution < -0.4 is 5.43 Å². The van der Waals surface area contributed by atoms with E-state index in [-0.39, 0.29) is 5.75 Å². The first-order chi connectivity index (χ1) is 7.34. The zero-order valence-corrected chi connectivity index (χ0v) is 8.61. The van der Waals surface area contributed by atoms with Crippen LogP contribution in [0.4, 0.5) is 5.13 Å². The SMILES string of the molecule is Oc1ccc(/C=N\Nc2nccs2)cc1. The number of phenols is 1. The van der Waals surface area contributed by atoms with E-state index in [1.807, 2.05) is 5.38 Å². The Morgan fingerprint density at radius 1 is 1.33 bits per heavy atom. The summed E-state index contributed by atoms with van der Waals surface area (Å²) in [7, 11) is 0. The van der Waals surface area contributed by atoms with Crippen molar-refractivity contribution in [3.63, 3.8) is 0 Å². The van der Waals surface area contributed by atoms with Crippen LogP contribution in [0.2, 0.25) is 0 Å². The molecule has 0 radical (unpaired) electrons. The van der Waals surface area contributed by atoms with Crippen LogP contribution in [0.15, 0.2) is 40.9 Å². The van der Waals surface area contributed by atoms with Gasteiger partial charge < -0.3 is 5.11 Å². The standard InChI is InChI=1S/C10H9N3OS/c14-9-3-1-8(2-4-9)7-12-13-10-11-5-6-15-10/h1-7,14H,(H,11,13)/b12-7-. The van der Waals surface area contributed by atoms with Crippen molar-refractivity contribution in [2.45, 2.75) is 0 Å². The number of hydrazone groups is 1. The average Bonchev–Trinajstić information content (AvgIpc) is 2.74. The number of benzene rings is 1. The topological polar surface area (TPSA) is 57.5 Å². The Balaban J connectivity index is 1.97. The molecule has 1 aromatic carbocycles. The predicted octanol–water partition coefficient (Wildman–Crippen LogP) is 2.29. The number of aromatic nitrogens is 1. The maximum atomic E-state index is 9.06. The molecular weight excluding hydrogens is 210 g/mol. The minimum atomic E-state index is 0.250. The number of anilines is 1. The highest BCUT2D eigenvalue weighted by Crippen LogP contribution is 2.10. The third-order valence-electron chi connectivity index (χ3n) is 1.70. The number of phenolic OH excluding ortho intramolecular Hbond substituents is 1. The van der Waals surface area contributed by atoms with Crippen LogP contribution in [0.25, 0.3) is 0 Å². The first kappa shape index (κ1) is 9.67. The van der Waals surface area contributed by atoms with Gasteiger partial charge in [-0.25, -0.2) is 4.98 Å². The molecule has 0 aliphatic heterocycles. The Morgan fingerprint density at radius 3 is 2.80 bits per heavy atom. The van der Waals surface area contributed by atoms with Crippen molar-refractivity contribution in [3.05, 3.63) is 41.4 Å². The monoisotopic (exact) mass is 219 g/mol. The number of nitrogens with zero attached hydrogens (tertiary/aromatic N) is 2. The molecule has 0 saturated carbocycles. The molecule has 1 aromatic heterocycles. The molecule has 0 atom stereocenters. The minimum absolute atomic E-state index is 0.250. The molecule has 0 saturated heterocycles. The fourth-order valence-electron chi connectivity index (χ4n) is 1.00. The number of aromatic hydroxyl groups is 1. The molecule has 0 bridgehead atoms. The number of nitrogens with one attached hydrogen (secondary N) is 1. The van der Waals surface area contributed by atoms with Crippen molar-refractivity contribution in [2.24, 2.45) is 5.10 Å². The van der Waals surface area contributed by atoms with Crippen molar-refractivity contribution in [2.75, 3.05) is 5.43 Å². The molecule has 0 aliphatic rings. The van der Waals surface area contributed by atoms with E-state index in [1.54, 1.807) is 36.7 Å². The second-order valence-corrected chi connectivity index (χ2v) is 3.69. The highest BCUT2D eigenvalue weighted by molar-refractivity contribution is 7.13. The van der Waals surface area contributed by atoms with Crippen LogP contribution in [0.1, 0.15) is 5.56 Å². The van der Waals surface area contributed by atoms with Gasteiger partial charge in [-0.1, -0.05) is 0 Å². The van der Waals surface area contributed by atoms with Gasteiger partial charge in [0.15, 0.2) is 0 Å². The van der Waals surface area contributed by atoms with Gasteiger partial charge in [0, 0.05) is 11.6 Å². The minimum Gasteiger partial charge on any atom is -0.508 e. The molecule has 0 amide bonds. The molecule has 0 fully saturated rings. The Kier molecular flexibility index (Phi) is 2.94. The summed E-state index contributed by atoms with van der Waals surface area (Å²) in [6.07, 6.45) is 3.38. The quantitative estimate of drug-likeness (QED) is 0.615. The summed E-state index contributed by atoms with van der Waals surface area (Å²) in [6.45, 7) is 0. The van der Waals surface area contributed by atoms with E-state index < -0.39 is 0 Å². The summed E-state index contributed by atoms with van der Waals surface area (Å²) in [4.78, 5) is 4.02. The molecule has 5 heteroatoms. The molecule has 2 rings (SSSR count). The van der Waals surface area contributed by atoms with E-state index >= 15 is 0 Å². The van der Waals surface area contributed by atoms with Crippen LogP contribution in [0, 0.1) is 0 Å². The van der Waals surface area contributed by atoms with E-state index in [9.17, 15) is 0 Å². The highest BCUT2D eigenvalue weighted by Gasteiger charge is 1.90. The summed E-state index contributed by atoms with van der Waals surface area (Å²) in [5.41, 5.74) is 3.72. The van der Waals surface area contributed by atoms with E-state index in [2.05, 4.69) is 15.5 Å². The van der Waals surface area contributed by atoms with Crippen molar-refractivity contribution < 1.29 is 5.11 Å². The van der Waals surface area contributed by atoms with Crippen LogP contribution in [0.3, 0.4) is 0 Å². The summed E-state index contributed by atoms with van der Waals surface area (Å²) < 4.78 is 0. The van der Waals surface area contributed by atoms with Crippen LogP contribution in [-0.2, 0) is 0 Å². The summed E-state index contributed by atoms with van der Waals surface area (Å²) in [6, 6.07) is 6.79. The van der Waals surface area contributed by atoms with Crippen LogP contribution >= 0.6 is 11.3 Å². The molecule has 2 aromatic rings. The van der Waals surface area contributed by atoms with Gasteiger partial charge in [-0.3, -0.25) is 5.43 Å². The lowest BCUT2D eigenvalue weighted by molar-refractivity contribution is 0.475. The molecule has 2 N–H and O–H groups in total. The molecule has 0 unspecified atom stereocenters. The maximum Gasteiger partial charge on any atom is 0.203 e. The van der Waals surface area contributed by atoms with Gasteiger partial charge in [0.2, 0.25) is 5.13 Å². The summed E-state index contributed by atoms with van der Waals surface area (Å²) >= 11 is 1.48. The smallest absolute Gasteiger partial charge is 0.203 e. The van der Waals surface area contributed by atoms with Gasteiger partial charge >= 0.3 is 0 Å². The Labute approximate surface area is 90.9 Å². The second-order valence-electron chi connectivity index (χ2n) is 2.80. The Bertz CT molecular complexity index is 436. The Morgan fingerprint density at radius 2 is 2.13 bits per heavy atom. The lowest BCUT2D eigenvalue weighted by Crippen LogP contribution is -1.88. The van der Waals surface area contributed by atoms with Gasteiger partial charge in [0.1, 0.15) is 5.75 Å². The highest BCUT2D eigenvalue weighted by atomic mass is 32.1. The van der Waals surface area contributed by atoms with E-state index in [0.717, 1.165) is 10.7 Å². The van der Waals surface area contributed by atoms with Crippen LogP contribution in [-0.4, -0.2) is 16.3 Å². The van der Waals surface area contributed by atoms with E-state index in [4.69, 9.17) is 5.11 Å². The predicted molar refractivity (Wildman–Crippen MR) is 61.4 cm³/mol. The summed E-state index contributed by atoms with van der Waals surface area (Å²) in [5, 5.41) is 15.7. The van der Waals surface area contributed by atoms with Crippen molar-refractivity contribution in [1.29, 1.82) is 0 Å². The van der Waals surface area contributed by atoms with Crippen LogP contribution in [0.5, 0.6) is 5.75 Å². The molecule has 15 heavy (non-hydrogen) atoms. The number of rotatable bonds is 3. The third-order valence-corrected chi connectivity index (χ3v) is 2.38. The summed E-state index contributed by atoms with van der Waals surface area (Å²) in [5.74, 6) is 0.250. The van der Waals surface area contributed by atoms with E-state index in [0.29, 0.717) is 0 Å². The maximum absolute atomic E-state index is 9.06. The first-order valence-electron chi connectivity index (χ1n) is 4.32. The van der Waals surface area contributed by atoms with Gasteiger partial charge in [-0.2, -0.15) is 5.10 Å². The fourth-order valence-corrected chi connectivity index (χ4v) is 1.48. The zero-order valence-electron chi connectivity index (χ0n) is 7.79. The van der Waals surface area contributed by atoms with Gasteiger partial charge in [-0.15, -0.1) is 11.3 Å². The van der Waals surface area contributed by atoms with Gasteiger partial charge in [-0.05, 0) is 29.8 Å². The Hall–Kier alpha value is -1.88. The molecule has 0 aliphatic carbocycles. The van der Waals surface area contributed by atoms with Gasteiger partial charge in [0.25, 0.3) is 0 Å². The fraction of sp³-hybridized carbons (Fsp3) is 0. The third kappa shape index (κ3) is 2.78. The van der Waals surface area contributed by atoms with Crippen molar-refractivity contribution >= 4 is 22.7 Å². The normalized spacial score (nSPS) is 10.7. The number of thiazole rings is 1. The molecule has 76 valence electrons.